The summed E-state index contributed by atoms with van der Waals surface area (Å²) in [5.74, 6) is 0. The van der Waals surface area contributed by atoms with Crippen LogP contribution in [0.2, 0.25) is 0 Å². The van der Waals surface area contributed by atoms with Crippen molar-refractivity contribution in [1.82, 2.24) is 4.98 Å². The highest BCUT2D eigenvalue weighted by atomic mass is 32.2. The second kappa shape index (κ2) is 4.96. The highest BCUT2D eigenvalue weighted by Gasteiger charge is 2.05. The van der Waals surface area contributed by atoms with Crippen molar-refractivity contribution in [1.29, 1.82) is 0 Å². The largest absolute Gasteiger partial charge is 0.278 e. The minimum Gasteiger partial charge on any atom is -0.278 e. The van der Waals surface area contributed by atoms with Gasteiger partial charge in [-0.1, -0.05) is 31.0 Å². The number of aromatic nitrogens is 1. The van der Waals surface area contributed by atoms with Crippen molar-refractivity contribution in [3.05, 3.63) is 29.3 Å². The van der Waals surface area contributed by atoms with Crippen molar-refractivity contribution in [3.8, 4) is 0 Å². The van der Waals surface area contributed by atoms with Crippen LogP contribution < -0.4 is 5.14 Å². The third kappa shape index (κ3) is 2.71. The maximum atomic E-state index is 5.51. The number of hydrogen-bond donors (Lipinski definition) is 1. The number of nitrogens with two attached hydrogens (primary N) is 1. The molecule has 0 fully saturated rings. The van der Waals surface area contributed by atoms with Crippen LogP contribution in [0.25, 0.3) is 10.2 Å². The molecule has 0 saturated carbocycles. The summed E-state index contributed by atoms with van der Waals surface area (Å²) >= 11 is 3.22. The van der Waals surface area contributed by atoms with E-state index in [1.807, 2.05) is 6.07 Å². The molecule has 0 aliphatic carbocycles. The van der Waals surface area contributed by atoms with Crippen LogP contribution in [0, 0.1) is 0 Å². The zero-order chi connectivity index (χ0) is 10.7. The van der Waals surface area contributed by atoms with Crippen LogP contribution in [0.15, 0.2) is 24.3 Å². The Morgan fingerprint density at radius 2 is 2.27 bits per heavy atom. The smallest absolute Gasteiger partial charge is 0.0939 e. The van der Waals surface area contributed by atoms with E-state index in [2.05, 4.69) is 30.1 Å². The van der Waals surface area contributed by atoms with Crippen LogP contribution in [0.4, 0.5) is 0 Å². The SMILES string of the molecule is CC(CCc1nc2ccccc2s1)SN. The van der Waals surface area contributed by atoms with E-state index in [0.29, 0.717) is 5.25 Å². The van der Waals surface area contributed by atoms with Crippen molar-refractivity contribution in [3.63, 3.8) is 0 Å². The molecule has 0 aliphatic rings. The topological polar surface area (TPSA) is 38.9 Å². The summed E-state index contributed by atoms with van der Waals surface area (Å²) in [6.07, 6.45) is 2.13. The van der Waals surface area contributed by atoms with Gasteiger partial charge in [0.1, 0.15) is 0 Å². The molecule has 2 nitrogen and oxygen atoms in total. The van der Waals surface area contributed by atoms with E-state index in [9.17, 15) is 0 Å². The third-order valence-electron chi connectivity index (χ3n) is 2.34. The standard InChI is InChI=1S/C11H14N2S2/c1-8(15-12)6-7-11-13-9-4-2-3-5-10(9)14-11/h2-5,8H,6-7,12H2,1H3. The molecule has 1 aromatic carbocycles. The number of fused-ring (bicyclic) bond motifs is 1. The average molecular weight is 238 g/mol. The predicted octanol–water partition coefficient (Wildman–Crippen LogP) is 3.22. The molecule has 4 heteroatoms. The molecule has 0 spiro atoms. The van der Waals surface area contributed by atoms with Crippen LogP contribution in [0.1, 0.15) is 18.4 Å². The highest BCUT2D eigenvalue weighted by Crippen LogP contribution is 2.23. The lowest BCUT2D eigenvalue weighted by Gasteiger charge is -2.03. The Hall–Kier alpha value is -0.580. The molecule has 2 rings (SSSR count). The normalized spacial score (nSPS) is 13.2. The van der Waals surface area contributed by atoms with Gasteiger partial charge >= 0.3 is 0 Å². The number of rotatable bonds is 4. The van der Waals surface area contributed by atoms with Gasteiger partial charge < -0.3 is 0 Å². The van der Waals surface area contributed by atoms with E-state index >= 15 is 0 Å². The Labute approximate surface area is 98.0 Å². The van der Waals surface area contributed by atoms with Crippen LogP contribution in [0.3, 0.4) is 0 Å². The van der Waals surface area contributed by atoms with Gasteiger partial charge in [0.15, 0.2) is 0 Å². The fourth-order valence-corrected chi connectivity index (χ4v) is 2.66. The van der Waals surface area contributed by atoms with Gasteiger partial charge in [0.05, 0.1) is 15.2 Å². The van der Waals surface area contributed by atoms with E-state index in [1.54, 1.807) is 11.3 Å². The number of thiazole rings is 1. The summed E-state index contributed by atoms with van der Waals surface area (Å²) in [5.41, 5.74) is 1.12. The van der Waals surface area contributed by atoms with E-state index in [-0.39, 0.29) is 0 Å². The molecule has 15 heavy (non-hydrogen) atoms. The lowest BCUT2D eigenvalue weighted by atomic mass is 10.2. The summed E-state index contributed by atoms with van der Waals surface area (Å²) in [6.45, 7) is 2.15. The Bertz CT molecular complexity index is 406. The molecule has 1 unspecified atom stereocenters. The van der Waals surface area contributed by atoms with Gasteiger partial charge in [-0.3, -0.25) is 5.14 Å². The highest BCUT2D eigenvalue weighted by molar-refractivity contribution is 7.97. The van der Waals surface area contributed by atoms with Gasteiger partial charge in [0, 0.05) is 11.7 Å². The average Bonchev–Trinajstić information content (AvgIpc) is 2.68. The van der Waals surface area contributed by atoms with Crippen LogP contribution in [-0.2, 0) is 6.42 Å². The van der Waals surface area contributed by atoms with Gasteiger partial charge in [0.25, 0.3) is 0 Å². The molecule has 0 aliphatic heterocycles. The van der Waals surface area contributed by atoms with Gasteiger partial charge in [-0.2, -0.15) is 0 Å². The molecule has 0 saturated heterocycles. The predicted molar refractivity (Wildman–Crippen MR) is 69.2 cm³/mol. The molecule has 2 aromatic rings. The van der Waals surface area contributed by atoms with E-state index in [0.717, 1.165) is 18.4 Å². The molecule has 2 N–H and O–H groups in total. The lowest BCUT2D eigenvalue weighted by Crippen LogP contribution is -2.01. The van der Waals surface area contributed by atoms with Crippen molar-refractivity contribution in [2.45, 2.75) is 25.0 Å². The zero-order valence-corrected chi connectivity index (χ0v) is 10.3. The summed E-state index contributed by atoms with van der Waals surface area (Å²) in [4.78, 5) is 4.59. The first kappa shape index (κ1) is 10.9. The minimum atomic E-state index is 0.511. The number of hydrogen-bond acceptors (Lipinski definition) is 4. The molecule has 1 atom stereocenters. The van der Waals surface area contributed by atoms with Gasteiger partial charge in [-0.25, -0.2) is 4.98 Å². The van der Waals surface area contributed by atoms with Gasteiger partial charge in [-0.05, 0) is 18.6 Å². The molecule has 80 valence electrons. The lowest BCUT2D eigenvalue weighted by molar-refractivity contribution is 0.808. The molecule has 0 radical (unpaired) electrons. The maximum Gasteiger partial charge on any atom is 0.0939 e. The van der Waals surface area contributed by atoms with Crippen LogP contribution in [-0.4, -0.2) is 10.2 Å². The first-order valence-electron chi connectivity index (χ1n) is 4.99. The van der Waals surface area contributed by atoms with Gasteiger partial charge in [0.2, 0.25) is 0 Å². The quantitative estimate of drug-likeness (QED) is 0.831. The number of benzene rings is 1. The monoisotopic (exact) mass is 238 g/mol. The number of aryl methyl sites for hydroxylation is 1. The number of para-hydroxylation sites is 1. The molecule has 1 aromatic heterocycles. The van der Waals surface area contributed by atoms with E-state index < -0.39 is 0 Å². The second-order valence-corrected chi connectivity index (χ2v) is 5.75. The first-order valence-corrected chi connectivity index (χ1v) is 6.75. The Balaban J connectivity index is 2.09. The van der Waals surface area contributed by atoms with E-state index in [4.69, 9.17) is 5.14 Å². The summed E-state index contributed by atoms with van der Waals surface area (Å²) in [5, 5.41) is 7.24. The molecular weight excluding hydrogens is 224 g/mol. The van der Waals surface area contributed by atoms with Crippen LogP contribution >= 0.6 is 23.3 Å². The first-order chi connectivity index (χ1) is 7.29. The second-order valence-electron chi connectivity index (χ2n) is 3.56. The molecule has 0 amide bonds. The van der Waals surface area contributed by atoms with Crippen molar-refractivity contribution in [2.24, 2.45) is 5.14 Å². The molecule has 0 bridgehead atoms. The Kier molecular flexibility index (Phi) is 3.61. The number of nitrogens with zero attached hydrogens (tertiary/aromatic N) is 1. The maximum absolute atomic E-state index is 5.51. The van der Waals surface area contributed by atoms with Crippen molar-refractivity contribution < 1.29 is 0 Å². The molecular formula is C11H14N2S2. The van der Waals surface area contributed by atoms with Gasteiger partial charge in [-0.15, -0.1) is 11.3 Å². The van der Waals surface area contributed by atoms with E-state index in [1.165, 1.54) is 21.7 Å². The minimum absolute atomic E-state index is 0.511. The fourth-order valence-electron chi connectivity index (χ4n) is 1.42. The Morgan fingerprint density at radius 1 is 1.47 bits per heavy atom. The Morgan fingerprint density at radius 3 is 3.00 bits per heavy atom. The summed E-state index contributed by atoms with van der Waals surface area (Å²) < 4.78 is 1.28. The zero-order valence-electron chi connectivity index (χ0n) is 8.64. The summed E-state index contributed by atoms with van der Waals surface area (Å²) in [6, 6.07) is 8.28. The van der Waals surface area contributed by atoms with Crippen LogP contribution in [0.5, 0.6) is 0 Å². The third-order valence-corrected chi connectivity index (χ3v) is 4.13. The van der Waals surface area contributed by atoms with Crippen molar-refractivity contribution >= 4 is 33.5 Å². The molecule has 1 heterocycles. The fraction of sp³-hybridized carbons (Fsp3) is 0.364. The van der Waals surface area contributed by atoms with Crippen molar-refractivity contribution in [2.75, 3.05) is 0 Å². The summed E-state index contributed by atoms with van der Waals surface area (Å²) in [7, 11) is 0.